The Hall–Kier alpha value is -1.20. The van der Waals surface area contributed by atoms with Crippen LogP contribution in [0.2, 0.25) is 0 Å². The molecule has 0 spiro atoms. The van der Waals surface area contributed by atoms with Gasteiger partial charge >= 0.3 is 0 Å². The molecule has 0 amide bonds. The smallest absolute Gasteiger partial charge is 0.141 e. The van der Waals surface area contributed by atoms with E-state index in [4.69, 9.17) is 0 Å². The largest absolute Gasteiger partial charge is 0.353 e. The first-order valence-electron chi connectivity index (χ1n) is 7.54. The number of nitrogens with one attached hydrogen (secondary N) is 1. The Bertz CT molecular complexity index is 630. The molecule has 1 fully saturated rings. The molecule has 2 aromatic heterocycles. The van der Waals surface area contributed by atoms with Gasteiger partial charge in [0.15, 0.2) is 0 Å². The zero-order valence-corrected chi connectivity index (χ0v) is 12.7. The number of hydrogen-bond acceptors (Lipinski definition) is 5. The van der Waals surface area contributed by atoms with Crippen molar-refractivity contribution in [2.24, 2.45) is 5.92 Å². The highest BCUT2D eigenvalue weighted by atomic mass is 32.1. The zero-order chi connectivity index (χ0) is 13.5. The number of nitrogens with zero attached hydrogens (tertiary/aromatic N) is 3. The van der Waals surface area contributed by atoms with Crippen molar-refractivity contribution in [1.82, 2.24) is 15.3 Å². The summed E-state index contributed by atoms with van der Waals surface area (Å²) < 4.78 is 0. The lowest BCUT2D eigenvalue weighted by Crippen LogP contribution is -2.44. The van der Waals surface area contributed by atoms with Crippen LogP contribution in [0.3, 0.4) is 0 Å². The van der Waals surface area contributed by atoms with Gasteiger partial charge in [-0.1, -0.05) is 6.92 Å². The Morgan fingerprint density at radius 3 is 3.00 bits per heavy atom. The first-order valence-corrected chi connectivity index (χ1v) is 8.35. The van der Waals surface area contributed by atoms with Gasteiger partial charge in [0.2, 0.25) is 0 Å². The van der Waals surface area contributed by atoms with E-state index in [1.54, 1.807) is 11.2 Å². The molecule has 1 atom stereocenters. The molecule has 0 unspecified atom stereocenters. The van der Waals surface area contributed by atoms with Gasteiger partial charge in [0.25, 0.3) is 0 Å². The highest BCUT2D eigenvalue weighted by Crippen LogP contribution is 2.40. The highest BCUT2D eigenvalue weighted by molar-refractivity contribution is 7.19. The first kappa shape index (κ1) is 12.5. The predicted molar refractivity (Wildman–Crippen MR) is 83.7 cm³/mol. The molecule has 4 rings (SSSR count). The van der Waals surface area contributed by atoms with E-state index in [-0.39, 0.29) is 0 Å². The van der Waals surface area contributed by atoms with Gasteiger partial charge in [-0.05, 0) is 30.7 Å². The van der Waals surface area contributed by atoms with Gasteiger partial charge in [-0.25, -0.2) is 9.97 Å². The summed E-state index contributed by atoms with van der Waals surface area (Å²) in [6.45, 7) is 6.56. The summed E-state index contributed by atoms with van der Waals surface area (Å²) in [6, 6.07) is 0. The number of piperazine rings is 1. The van der Waals surface area contributed by atoms with Crippen LogP contribution in [0.5, 0.6) is 0 Å². The molecule has 2 aromatic rings. The Balaban J connectivity index is 1.84. The Labute approximate surface area is 123 Å². The third-order valence-corrected chi connectivity index (χ3v) is 5.65. The number of aryl methyl sites for hydroxylation is 1. The van der Waals surface area contributed by atoms with Crippen LogP contribution >= 0.6 is 11.3 Å². The Kier molecular flexibility index (Phi) is 3.11. The van der Waals surface area contributed by atoms with Crippen LogP contribution in [-0.2, 0) is 12.8 Å². The molecule has 1 saturated heterocycles. The van der Waals surface area contributed by atoms with Crippen molar-refractivity contribution >= 4 is 27.4 Å². The van der Waals surface area contributed by atoms with E-state index in [1.807, 2.05) is 11.3 Å². The van der Waals surface area contributed by atoms with Crippen molar-refractivity contribution in [3.8, 4) is 0 Å². The molecule has 0 radical (unpaired) electrons. The summed E-state index contributed by atoms with van der Waals surface area (Å²) >= 11 is 1.89. The summed E-state index contributed by atoms with van der Waals surface area (Å²) in [5.74, 6) is 1.98. The van der Waals surface area contributed by atoms with Crippen molar-refractivity contribution in [1.29, 1.82) is 0 Å². The number of anilines is 1. The number of hydrogen-bond donors (Lipinski definition) is 1. The van der Waals surface area contributed by atoms with Crippen molar-refractivity contribution in [3.05, 3.63) is 16.8 Å². The normalized spacial score (nSPS) is 23.1. The molecule has 5 heteroatoms. The van der Waals surface area contributed by atoms with Crippen molar-refractivity contribution < 1.29 is 0 Å². The number of thiophene rings is 1. The zero-order valence-electron chi connectivity index (χ0n) is 11.9. The number of aromatic nitrogens is 2. The number of fused-ring (bicyclic) bond motifs is 3. The second kappa shape index (κ2) is 4.97. The quantitative estimate of drug-likeness (QED) is 0.873. The average molecular weight is 288 g/mol. The van der Waals surface area contributed by atoms with E-state index in [9.17, 15) is 0 Å². The van der Waals surface area contributed by atoms with Crippen LogP contribution in [0.25, 0.3) is 10.2 Å². The molecule has 0 aromatic carbocycles. The van der Waals surface area contributed by atoms with E-state index in [1.165, 1.54) is 40.9 Å². The maximum absolute atomic E-state index is 4.62. The first-order chi connectivity index (χ1) is 9.83. The fourth-order valence-corrected chi connectivity index (χ4v) is 4.72. The van der Waals surface area contributed by atoms with Crippen LogP contribution < -0.4 is 10.2 Å². The predicted octanol–water partition coefficient (Wildman–Crippen LogP) is 2.23. The minimum atomic E-state index is 0.811. The van der Waals surface area contributed by atoms with Gasteiger partial charge in [-0.15, -0.1) is 11.3 Å². The maximum atomic E-state index is 4.62. The highest BCUT2D eigenvalue weighted by Gasteiger charge is 2.25. The monoisotopic (exact) mass is 288 g/mol. The van der Waals surface area contributed by atoms with Crippen LogP contribution in [0.1, 0.15) is 23.8 Å². The van der Waals surface area contributed by atoms with E-state index in [0.717, 1.165) is 32.1 Å². The molecule has 0 saturated carbocycles. The molecular weight excluding hydrogens is 268 g/mol. The maximum Gasteiger partial charge on any atom is 0.141 e. The second-order valence-corrected chi connectivity index (χ2v) is 7.05. The van der Waals surface area contributed by atoms with E-state index >= 15 is 0 Å². The fraction of sp³-hybridized carbons (Fsp3) is 0.600. The second-order valence-electron chi connectivity index (χ2n) is 5.97. The average Bonchev–Trinajstić information content (AvgIpc) is 2.85. The van der Waals surface area contributed by atoms with Crippen LogP contribution in [0, 0.1) is 5.92 Å². The standard InChI is InChI=1S/C15H20N4S/c1-10-2-3-11-12(8-10)20-15-13(11)14(17-9-18-15)19-6-4-16-5-7-19/h9-10,16H,2-8H2,1H3/t10-/m0/s1. The van der Waals surface area contributed by atoms with Crippen LogP contribution in [-0.4, -0.2) is 36.1 Å². The molecule has 1 aliphatic carbocycles. The Morgan fingerprint density at radius 2 is 2.15 bits per heavy atom. The Morgan fingerprint density at radius 1 is 1.30 bits per heavy atom. The summed E-state index contributed by atoms with van der Waals surface area (Å²) in [4.78, 5) is 14.3. The minimum absolute atomic E-state index is 0.811. The lowest BCUT2D eigenvalue weighted by Gasteiger charge is -2.29. The van der Waals surface area contributed by atoms with Gasteiger partial charge < -0.3 is 10.2 Å². The fourth-order valence-electron chi connectivity index (χ4n) is 3.37. The van der Waals surface area contributed by atoms with Crippen molar-refractivity contribution in [3.63, 3.8) is 0 Å². The third-order valence-electron chi connectivity index (χ3n) is 4.49. The molecule has 4 nitrogen and oxygen atoms in total. The van der Waals surface area contributed by atoms with Gasteiger partial charge in [-0.3, -0.25) is 0 Å². The lowest BCUT2D eigenvalue weighted by atomic mass is 9.89. The SMILES string of the molecule is C[C@H]1CCc2c(sc3ncnc(N4CCNCC4)c23)C1. The molecular formula is C15H20N4S. The topological polar surface area (TPSA) is 41.1 Å². The van der Waals surface area contributed by atoms with Gasteiger partial charge in [0, 0.05) is 31.1 Å². The molecule has 1 aliphatic heterocycles. The van der Waals surface area contributed by atoms with Crippen LogP contribution in [0.15, 0.2) is 6.33 Å². The molecule has 2 aliphatic rings. The summed E-state index contributed by atoms with van der Waals surface area (Å²) in [6.07, 6.45) is 5.46. The summed E-state index contributed by atoms with van der Waals surface area (Å²) in [5, 5.41) is 4.76. The molecule has 1 N–H and O–H groups in total. The summed E-state index contributed by atoms with van der Waals surface area (Å²) in [7, 11) is 0. The van der Waals surface area contributed by atoms with Gasteiger partial charge in [0.05, 0.1) is 5.39 Å². The van der Waals surface area contributed by atoms with Crippen LogP contribution in [0.4, 0.5) is 5.82 Å². The molecule has 0 bridgehead atoms. The number of rotatable bonds is 1. The van der Waals surface area contributed by atoms with Crippen molar-refractivity contribution in [2.75, 3.05) is 31.1 Å². The van der Waals surface area contributed by atoms with E-state index < -0.39 is 0 Å². The van der Waals surface area contributed by atoms with Crippen molar-refractivity contribution in [2.45, 2.75) is 26.2 Å². The third kappa shape index (κ3) is 2.00. The van der Waals surface area contributed by atoms with Gasteiger partial charge in [0.1, 0.15) is 17.0 Å². The lowest BCUT2D eigenvalue weighted by molar-refractivity contribution is 0.509. The molecule has 20 heavy (non-hydrogen) atoms. The van der Waals surface area contributed by atoms with E-state index in [0.29, 0.717) is 0 Å². The molecule has 106 valence electrons. The summed E-state index contributed by atoms with van der Waals surface area (Å²) in [5.41, 5.74) is 1.54. The van der Waals surface area contributed by atoms with Gasteiger partial charge in [-0.2, -0.15) is 0 Å². The van der Waals surface area contributed by atoms with E-state index in [2.05, 4.69) is 27.1 Å². The minimum Gasteiger partial charge on any atom is -0.353 e. The molecule has 3 heterocycles.